The largest absolute Gasteiger partial charge is 0.545 e. The second-order valence-corrected chi connectivity index (χ2v) is 9.61. The minimum absolute atomic E-state index is 0.0840. The van der Waals surface area contributed by atoms with E-state index in [1.54, 1.807) is 23.5 Å². The molecule has 2 aromatic heterocycles. The van der Waals surface area contributed by atoms with E-state index in [4.69, 9.17) is 0 Å². The SMILES string of the molecule is CC(C)(C)[C@@H]1CCc2c(sc3nnn(Cc4cccc(C(=O)[O-])c4)c(=O)c23)C1. The van der Waals surface area contributed by atoms with Crippen molar-refractivity contribution in [3.63, 3.8) is 0 Å². The van der Waals surface area contributed by atoms with Gasteiger partial charge in [0.15, 0.2) is 4.83 Å². The lowest BCUT2D eigenvalue weighted by Crippen LogP contribution is -2.28. The molecule has 1 aliphatic carbocycles. The van der Waals surface area contributed by atoms with E-state index < -0.39 is 5.97 Å². The number of aromatic carboxylic acids is 1. The second-order valence-electron chi connectivity index (χ2n) is 8.53. The number of aromatic nitrogens is 3. The van der Waals surface area contributed by atoms with Gasteiger partial charge in [-0.2, -0.15) is 0 Å². The number of nitrogens with zero attached hydrogens (tertiary/aromatic N) is 3. The number of thiophene rings is 1. The molecule has 0 aliphatic heterocycles. The Hall–Kier alpha value is -2.54. The van der Waals surface area contributed by atoms with Crippen molar-refractivity contribution < 1.29 is 9.90 Å². The van der Waals surface area contributed by atoms with Gasteiger partial charge in [-0.15, -0.1) is 16.4 Å². The lowest BCUT2D eigenvalue weighted by Gasteiger charge is -2.33. The minimum Gasteiger partial charge on any atom is -0.545 e. The van der Waals surface area contributed by atoms with Gasteiger partial charge in [-0.3, -0.25) is 4.79 Å². The Morgan fingerprint density at radius 3 is 2.86 bits per heavy atom. The van der Waals surface area contributed by atoms with Crippen LogP contribution in [0.3, 0.4) is 0 Å². The Balaban J connectivity index is 1.71. The van der Waals surface area contributed by atoms with Gasteiger partial charge in [0.2, 0.25) is 0 Å². The number of benzene rings is 1. The summed E-state index contributed by atoms with van der Waals surface area (Å²) < 4.78 is 1.32. The lowest BCUT2D eigenvalue weighted by molar-refractivity contribution is -0.255. The van der Waals surface area contributed by atoms with Crippen molar-refractivity contribution in [2.75, 3.05) is 0 Å². The molecular formula is C21H22N3O3S-. The molecule has 0 saturated carbocycles. The highest BCUT2D eigenvalue weighted by Crippen LogP contribution is 2.41. The van der Waals surface area contributed by atoms with E-state index in [9.17, 15) is 14.7 Å². The van der Waals surface area contributed by atoms with Crippen LogP contribution < -0.4 is 10.7 Å². The molecule has 1 aromatic carbocycles. The van der Waals surface area contributed by atoms with Crippen LogP contribution in [0.1, 0.15) is 53.6 Å². The average molecular weight is 396 g/mol. The minimum atomic E-state index is -1.24. The fraction of sp³-hybridized carbons (Fsp3) is 0.429. The van der Waals surface area contributed by atoms with Crippen LogP contribution >= 0.6 is 11.3 Å². The third-order valence-electron chi connectivity index (χ3n) is 5.66. The van der Waals surface area contributed by atoms with Crippen molar-refractivity contribution in [1.29, 1.82) is 0 Å². The molecule has 7 heteroatoms. The van der Waals surface area contributed by atoms with Crippen molar-refractivity contribution in [2.45, 2.75) is 46.6 Å². The van der Waals surface area contributed by atoms with Gasteiger partial charge in [0.05, 0.1) is 17.9 Å². The van der Waals surface area contributed by atoms with Crippen LogP contribution in [0.2, 0.25) is 0 Å². The van der Waals surface area contributed by atoms with Gasteiger partial charge in [0.25, 0.3) is 5.56 Å². The molecule has 0 unspecified atom stereocenters. The van der Waals surface area contributed by atoms with Crippen LogP contribution in [0.4, 0.5) is 0 Å². The predicted molar refractivity (Wildman–Crippen MR) is 107 cm³/mol. The molecule has 1 atom stereocenters. The second kappa shape index (κ2) is 6.81. The molecule has 0 fully saturated rings. The van der Waals surface area contributed by atoms with Crippen LogP contribution in [0.25, 0.3) is 10.2 Å². The summed E-state index contributed by atoms with van der Waals surface area (Å²) in [4.78, 5) is 26.1. The van der Waals surface area contributed by atoms with Crippen LogP contribution in [0.5, 0.6) is 0 Å². The first-order valence-corrected chi connectivity index (χ1v) is 10.2. The maximum atomic E-state index is 13.1. The van der Waals surface area contributed by atoms with E-state index in [1.807, 2.05) is 0 Å². The summed E-state index contributed by atoms with van der Waals surface area (Å²) in [6, 6.07) is 6.38. The number of hydrogen-bond donors (Lipinski definition) is 0. The number of carboxylic acids is 1. The third kappa shape index (κ3) is 3.35. The average Bonchev–Trinajstić information content (AvgIpc) is 3.02. The van der Waals surface area contributed by atoms with Crippen molar-refractivity contribution in [1.82, 2.24) is 15.0 Å². The van der Waals surface area contributed by atoms with Gasteiger partial charge in [-0.25, -0.2) is 4.68 Å². The Morgan fingerprint density at radius 2 is 2.14 bits per heavy atom. The summed E-state index contributed by atoms with van der Waals surface area (Å²) in [6.45, 7) is 6.98. The highest BCUT2D eigenvalue weighted by Gasteiger charge is 2.31. The summed E-state index contributed by atoms with van der Waals surface area (Å²) in [5.74, 6) is -0.647. The number of carboxylic acid groups (broad SMARTS) is 1. The summed E-state index contributed by atoms with van der Waals surface area (Å²) in [6.07, 6.45) is 2.93. The van der Waals surface area contributed by atoms with Crippen molar-refractivity contribution >= 4 is 27.5 Å². The number of rotatable bonds is 3. The maximum Gasteiger partial charge on any atom is 0.279 e. The summed E-state index contributed by atoms with van der Waals surface area (Å²) in [5, 5.41) is 20.1. The van der Waals surface area contributed by atoms with E-state index in [0.29, 0.717) is 21.7 Å². The van der Waals surface area contributed by atoms with Crippen LogP contribution in [-0.2, 0) is 19.4 Å². The Morgan fingerprint density at radius 1 is 1.36 bits per heavy atom. The van der Waals surface area contributed by atoms with E-state index in [1.165, 1.54) is 21.7 Å². The number of carbonyl (C=O) groups excluding carboxylic acids is 1. The Bertz CT molecular complexity index is 1120. The van der Waals surface area contributed by atoms with Gasteiger partial charge in [0, 0.05) is 4.88 Å². The molecule has 0 saturated heterocycles. The highest BCUT2D eigenvalue weighted by atomic mass is 32.1. The topological polar surface area (TPSA) is 87.9 Å². The summed E-state index contributed by atoms with van der Waals surface area (Å²) in [5.41, 5.74) is 1.97. The zero-order valence-electron chi connectivity index (χ0n) is 16.2. The van der Waals surface area contributed by atoms with E-state index in [2.05, 4.69) is 31.1 Å². The standard InChI is InChI=1S/C21H23N3O3S/c1-21(2,3)14-7-8-15-16(10-14)28-18-17(15)19(25)24(23-22-18)11-12-5-4-6-13(9-12)20(26)27/h4-6,9,14H,7-8,10-11H2,1-3H3,(H,26,27)/p-1/t14-/m1/s1. The van der Waals surface area contributed by atoms with Gasteiger partial charge in [-0.1, -0.05) is 44.2 Å². The van der Waals surface area contributed by atoms with Crippen LogP contribution in [0, 0.1) is 11.3 Å². The van der Waals surface area contributed by atoms with Crippen molar-refractivity contribution in [2.24, 2.45) is 11.3 Å². The van der Waals surface area contributed by atoms with Gasteiger partial charge in [-0.05, 0) is 53.4 Å². The molecule has 6 nitrogen and oxygen atoms in total. The molecular weight excluding hydrogens is 374 g/mol. The van der Waals surface area contributed by atoms with E-state index in [-0.39, 0.29) is 23.1 Å². The molecule has 1 aliphatic rings. The Kier molecular flexibility index (Phi) is 4.57. The zero-order chi connectivity index (χ0) is 20.1. The lowest BCUT2D eigenvalue weighted by atomic mass is 9.72. The molecule has 0 bridgehead atoms. The number of carbonyl (C=O) groups is 1. The maximum absolute atomic E-state index is 13.1. The molecule has 0 N–H and O–H groups in total. The molecule has 0 radical (unpaired) electrons. The number of aryl methyl sites for hydroxylation is 1. The molecule has 0 spiro atoms. The predicted octanol–water partition coefficient (Wildman–Crippen LogP) is 2.42. The first-order chi connectivity index (χ1) is 13.2. The Labute approximate surface area is 166 Å². The van der Waals surface area contributed by atoms with Crippen molar-refractivity contribution in [3.8, 4) is 0 Å². The first kappa shape index (κ1) is 18.8. The van der Waals surface area contributed by atoms with Crippen LogP contribution in [0.15, 0.2) is 29.1 Å². The summed E-state index contributed by atoms with van der Waals surface area (Å²) >= 11 is 1.58. The molecule has 3 aromatic rings. The normalized spacial score (nSPS) is 16.9. The molecule has 28 heavy (non-hydrogen) atoms. The third-order valence-corrected chi connectivity index (χ3v) is 6.80. The molecule has 146 valence electrons. The smallest absolute Gasteiger partial charge is 0.279 e. The monoisotopic (exact) mass is 396 g/mol. The van der Waals surface area contributed by atoms with E-state index in [0.717, 1.165) is 24.8 Å². The number of hydrogen-bond acceptors (Lipinski definition) is 6. The molecule has 0 amide bonds. The van der Waals surface area contributed by atoms with E-state index >= 15 is 0 Å². The molecule has 4 rings (SSSR count). The zero-order valence-corrected chi connectivity index (χ0v) is 17.0. The summed E-state index contributed by atoms with van der Waals surface area (Å²) in [7, 11) is 0. The van der Waals surface area contributed by atoms with Gasteiger partial charge < -0.3 is 9.90 Å². The van der Waals surface area contributed by atoms with Gasteiger partial charge in [0.1, 0.15) is 0 Å². The van der Waals surface area contributed by atoms with Gasteiger partial charge >= 0.3 is 0 Å². The van der Waals surface area contributed by atoms with Crippen LogP contribution in [-0.4, -0.2) is 21.0 Å². The fourth-order valence-corrected chi connectivity index (χ4v) is 5.17. The fourth-order valence-electron chi connectivity index (χ4n) is 3.94. The number of fused-ring (bicyclic) bond motifs is 3. The first-order valence-electron chi connectivity index (χ1n) is 9.42. The highest BCUT2D eigenvalue weighted by molar-refractivity contribution is 7.18. The molecule has 2 heterocycles. The van der Waals surface area contributed by atoms with Crippen molar-refractivity contribution in [3.05, 3.63) is 56.2 Å². The quantitative estimate of drug-likeness (QED) is 0.678.